The Morgan fingerprint density at radius 1 is 1.30 bits per heavy atom. The van der Waals surface area contributed by atoms with Gasteiger partial charge in [0.05, 0.1) is 18.8 Å². The van der Waals surface area contributed by atoms with Crippen molar-refractivity contribution in [3.8, 4) is 0 Å². The second-order valence-electron chi connectivity index (χ2n) is 5.20. The molecule has 2 rings (SSSR count). The highest BCUT2D eigenvalue weighted by molar-refractivity contribution is 9.10. The van der Waals surface area contributed by atoms with Crippen LogP contribution in [0, 0.1) is 0 Å². The maximum absolute atomic E-state index is 6.01. The van der Waals surface area contributed by atoms with Gasteiger partial charge in [0, 0.05) is 17.1 Å². The molecule has 0 spiro atoms. The van der Waals surface area contributed by atoms with Gasteiger partial charge in [-0.05, 0) is 44.0 Å². The molecule has 1 aliphatic rings. The smallest absolute Gasteiger partial charge is 0.0990 e. The maximum atomic E-state index is 6.01. The first-order chi connectivity index (χ1) is 9.74. The SMILES string of the molecule is CCCNC1CC(OCc2cccc(Br)c2)C1OCC. The van der Waals surface area contributed by atoms with E-state index in [1.807, 2.05) is 19.1 Å². The van der Waals surface area contributed by atoms with Crippen LogP contribution < -0.4 is 5.32 Å². The molecule has 0 amide bonds. The fourth-order valence-electron chi connectivity index (χ4n) is 2.52. The zero-order valence-corrected chi connectivity index (χ0v) is 13.9. The Morgan fingerprint density at radius 2 is 2.15 bits per heavy atom. The predicted molar refractivity (Wildman–Crippen MR) is 84.8 cm³/mol. The minimum absolute atomic E-state index is 0.193. The van der Waals surface area contributed by atoms with E-state index in [0.717, 1.165) is 30.5 Å². The summed E-state index contributed by atoms with van der Waals surface area (Å²) in [5.41, 5.74) is 1.19. The zero-order chi connectivity index (χ0) is 14.4. The largest absolute Gasteiger partial charge is 0.374 e. The molecule has 0 bridgehead atoms. The van der Waals surface area contributed by atoms with Crippen molar-refractivity contribution in [1.29, 1.82) is 0 Å². The van der Waals surface area contributed by atoms with Crippen molar-refractivity contribution in [2.75, 3.05) is 13.2 Å². The van der Waals surface area contributed by atoms with Gasteiger partial charge < -0.3 is 14.8 Å². The van der Waals surface area contributed by atoms with E-state index in [4.69, 9.17) is 9.47 Å². The summed E-state index contributed by atoms with van der Waals surface area (Å²) in [5, 5.41) is 3.53. The molecule has 1 N–H and O–H groups in total. The van der Waals surface area contributed by atoms with Crippen LogP contribution in [0.2, 0.25) is 0 Å². The molecule has 0 heterocycles. The monoisotopic (exact) mass is 341 g/mol. The van der Waals surface area contributed by atoms with E-state index in [1.165, 1.54) is 5.56 Å². The Morgan fingerprint density at radius 3 is 2.85 bits per heavy atom. The van der Waals surface area contributed by atoms with Crippen molar-refractivity contribution in [2.24, 2.45) is 0 Å². The normalized spacial score (nSPS) is 25.4. The van der Waals surface area contributed by atoms with Crippen LogP contribution in [0.1, 0.15) is 32.3 Å². The Balaban J connectivity index is 1.80. The Kier molecular flexibility index (Phi) is 6.49. The van der Waals surface area contributed by atoms with Crippen molar-refractivity contribution in [1.82, 2.24) is 5.32 Å². The van der Waals surface area contributed by atoms with Crippen LogP contribution in [-0.2, 0) is 16.1 Å². The minimum atomic E-state index is 0.193. The molecule has 4 heteroatoms. The molecule has 0 radical (unpaired) electrons. The highest BCUT2D eigenvalue weighted by atomic mass is 79.9. The van der Waals surface area contributed by atoms with Crippen LogP contribution in [0.4, 0.5) is 0 Å². The van der Waals surface area contributed by atoms with Crippen LogP contribution in [-0.4, -0.2) is 31.4 Å². The highest BCUT2D eigenvalue weighted by Gasteiger charge is 2.42. The summed E-state index contributed by atoms with van der Waals surface area (Å²) in [7, 11) is 0. The van der Waals surface area contributed by atoms with Crippen molar-refractivity contribution < 1.29 is 9.47 Å². The lowest BCUT2D eigenvalue weighted by Crippen LogP contribution is -2.60. The number of benzene rings is 1. The van der Waals surface area contributed by atoms with Crippen molar-refractivity contribution >= 4 is 15.9 Å². The van der Waals surface area contributed by atoms with Gasteiger partial charge in [-0.1, -0.05) is 35.0 Å². The summed E-state index contributed by atoms with van der Waals surface area (Å²) in [6, 6.07) is 8.70. The van der Waals surface area contributed by atoms with Crippen LogP contribution in [0.15, 0.2) is 28.7 Å². The summed E-state index contributed by atoms with van der Waals surface area (Å²) in [6.07, 6.45) is 2.60. The second-order valence-corrected chi connectivity index (χ2v) is 6.11. The Hall–Kier alpha value is -0.420. The van der Waals surface area contributed by atoms with Crippen molar-refractivity contribution in [2.45, 2.75) is 51.5 Å². The van der Waals surface area contributed by atoms with Crippen LogP contribution in [0.3, 0.4) is 0 Å². The number of hydrogen-bond donors (Lipinski definition) is 1. The van der Waals surface area contributed by atoms with Gasteiger partial charge in [-0.15, -0.1) is 0 Å². The lowest BCUT2D eigenvalue weighted by atomic mass is 9.85. The third-order valence-electron chi connectivity index (χ3n) is 3.62. The van der Waals surface area contributed by atoms with E-state index in [0.29, 0.717) is 12.6 Å². The van der Waals surface area contributed by atoms with Gasteiger partial charge in [-0.2, -0.15) is 0 Å². The molecular weight excluding hydrogens is 318 g/mol. The van der Waals surface area contributed by atoms with Crippen molar-refractivity contribution in [3.05, 3.63) is 34.3 Å². The second kappa shape index (κ2) is 8.13. The molecule has 1 fully saturated rings. The van der Waals surface area contributed by atoms with Crippen molar-refractivity contribution in [3.63, 3.8) is 0 Å². The average Bonchev–Trinajstić information content (AvgIpc) is 2.43. The molecule has 0 saturated heterocycles. The molecule has 112 valence electrons. The van der Waals surface area contributed by atoms with E-state index >= 15 is 0 Å². The lowest BCUT2D eigenvalue weighted by Gasteiger charge is -2.44. The third kappa shape index (κ3) is 4.29. The summed E-state index contributed by atoms with van der Waals surface area (Å²) in [6.45, 7) is 6.66. The average molecular weight is 342 g/mol. The highest BCUT2D eigenvalue weighted by Crippen LogP contribution is 2.28. The number of halogens is 1. The van der Waals surface area contributed by atoms with Gasteiger partial charge in [0.1, 0.15) is 0 Å². The Bertz CT molecular complexity index is 413. The molecule has 0 aromatic heterocycles. The Labute approximate surface area is 130 Å². The number of hydrogen-bond acceptors (Lipinski definition) is 3. The summed E-state index contributed by atoms with van der Waals surface area (Å²) < 4.78 is 12.9. The zero-order valence-electron chi connectivity index (χ0n) is 12.3. The lowest BCUT2D eigenvalue weighted by molar-refractivity contribution is -0.149. The van der Waals surface area contributed by atoms with Crippen LogP contribution in [0.25, 0.3) is 0 Å². The summed E-state index contributed by atoms with van der Waals surface area (Å²) in [4.78, 5) is 0. The molecule has 0 aliphatic heterocycles. The van der Waals surface area contributed by atoms with Gasteiger partial charge in [0.25, 0.3) is 0 Å². The first-order valence-corrected chi connectivity index (χ1v) is 8.25. The van der Waals surface area contributed by atoms with Gasteiger partial charge >= 0.3 is 0 Å². The standard InChI is InChI=1S/C16H24BrNO2/c1-3-8-18-14-10-15(16(14)19-4-2)20-11-12-6-5-7-13(17)9-12/h5-7,9,14-16,18H,3-4,8,10-11H2,1-2H3. The van der Waals surface area contributed by atoms with E-state index in [2.05, 4.69) is 40.3 Å². The summed E-state index contributed by atoms with van der Waals surface area (Å²) in [5.74, 6) is 0. The van der Waals surface area contributed by atoms with Gasteiger partial charge in [-0.25, -0.2) is 0 Å². The fraction of sp³-hybridized carbons (Fsp3) is 0.625. The van der Waals surface area contributed by atoms with Crippen LogP contribution in [0.5, 0.6) is 0 Å². The molecular formula is C16H24BrNO2. The maximum Gasteiger partial charge on any atom is 0.0990 e. The molecule has 1 aromatic rings. The van der Waals surface area contributed by atoms with E-state index < -0.39 is 0 Å². The quantitative estimate of drug-likeness (QED) is 0.784. The molecule has 20 heavy (non-hydrogen) atoms. The van der Waals surface area contributed by atoms with E-state index in [9.17, 15) is 0 Å². The van der Waals surface area contributed by atoms with Gasteiger partial charge in [-0.3, -0.25) is 0 Å². The van der Waals surface area contributed by atoms with E-state index in [-0.39, 0.29) is 12.2 Å². The number of nitrogens with one attached hydrogen (secondary N) is 1. The molecule has 3 atom stereocenters. The van der Waals surface area contributed by atoms with Crippen LogP contribution >= 0.6 is 15.9 Å². The van der Waals surface area contributed by atoms with Gasteiger partial charge in [0.15, 0.2) is 0 Å². The predicted octanol–water partition coefficient (Wildman–Crippen LogP) is 3.51. The minimum Gasteiger partial charge on any atom is -0.374 e. The molecule has 3 nitrogen and oxygen atoms in total. The number of ether oxygens (including phenoxy) is 2. The molecule has 1 aliphatic carbocycles. The fourth-order valence-corrected chi connectivity index (χ4v) is 2.97. The third-order valence-corrected chi connectivity index (χ3v) is 4.11. The summed E-state index contributed by atoms with van der Waals surface area (Å²) >= 11 is 3.48. The molecule has 1 aromatic carbocycles. The number of rotatable bonds is 8. The topological polar surface area (TPSA) is 30.5 Å². The first kappa shape index (κ1) is 16.0. The first-order valence-electron chi connectivity index (χ1n) is 7.45. The van der Waals surface area contributed by atoms with Gasteiger partial charge in [0.2, 0.25) is 0 Å². The molecule has 1 saturated carbocycles. The van der Waals surface area contributed by atoms with E-state index in [1.54, 1.807) is 0 Å². The molecule has 3 unspecified atom stereocenters.